The Labute approximate surface area is 173 Å². The summed E-state index contributed by atoms with van der Waals surface area (Å²) in [5, 5.41) is 4.52. The highest BCUT2D eigenvalue weighted by atomic mass is 16.5. The summed E-state index contributed by atoms with van der Waals surface area (Å²) >= 11 is 0. The van der Waals surface area contributed by atoms with E-state index in [2.05, 4.69) is 38.5 Å². The van der Waals surface area contributed by atoms with Crippen LogP contribution in [0.5, 0.6) is 5.75 Å². The number of ether oxygens (including phenoxy) is 1. The van der Waals surface area contributed by atoms with Gasteiger partial charge in [-0.15, -0.1) is 0 Å². The number of aromatic nitrogens is 7. The van der Waals surface area contributed by atoms with Crippen molar-refractivity contribution in [2.24, 2.45) is 0 Å². The highest BCUT2D eigenvalue weighted by molar-refractivity contribution is 5.74. The average Bonchev–Trinajstić information content (AvgIpc) is 3.28. The molecular weight excluding hydrogens is 380 g/mol. The number of fused-ring (bicyclic) bond motifs is 3. The molecule has 5 rings (SSSR count). The van der Waals surface area contributed by atoms with Gasteiger partial charge in [0.25, 0.3) is 0 Å². The largest absolute Gasteiger partial charge is 0.491 e. The van der Waals surface area contributed by atoms with Crippen LogP contribution < -0.4 is 10.5 Å². The van der Waals surface area contributed by atoms with E-state index in [-0.39, 0.29) is 12.0 Å². The molecular formula is C21H22N8O. The summed E-state index contributed by atoms with van der Waals surface area (Å²) in [4.78, 5) is 17.7. The van der Waals surface area contributed by atoms with E-state index in [1.807, 2.05) is 36.0 Å². The molecule has 4 heterocycles. The molecule has 0 saturated carbocycles. The maximum atomic E-state index is 6.03. The molecule has 4 aromatic rings. The number of imidazole rings is 1. The Bertz CT molecular complexity index is 1220. The summed E-state index contributed by atoms with van der Waals surface area (Å²) in [6.45, 7) is 7.32. The molecule has 2 N–H and O–H groups in total. The maximum Gasteiger partial charge on any atom is 0.219 e. The van der Waals surface area contributed by atoms with Gasteiger partial charge >= 0.3 is 0 Å². The van der Waals surface area contributed by atoms with Gasteiger partial charge in [0.15, 0.2) is 5.82 Å². The van der Waals surface area contributed by atoms with Gasteiger partial charge in [0.05, 0.1) is 12.1 Å². The molecule has 0 fully saturated rings. The Morgan fingerprint density at radius 3 is 2.63 bits per heavy atom. The monoisotopic (exact) mass is 402 g/mol. The topological polar surface area (TPSA) is 110 Å². The smallest absolute Gasteiger partial charge is 0.219 e. The van der Waals surface area contributed by atoms with Crippen molar-refractivity contribution < 1.29 is 4.74 Å². The second-order valence-electron chi connectivity index (χ2n) is 7.55. The van der Waals surface area contributed by atoms with Gasteiger partial charge in [0.2, 0.25) is 5.95 Å². The Kier molecular flexibility index (Phi) is 4.23. The molecule has 9 heteroatoms. The minimum Gasteiger partial charge on any atom is -0.491 e. The molecule has 0 unspecified atom stereocenters. The molecule has 0 saturated heterocycles. The number of benzene rings is 1. The van der Waals surface area contributed by atoms with E-state index in [9.17, 15) is 0 Å². The van der Waals surface area contributed by atoms with Gasteiger partial charge in [-0.3, -0.25) is 0 Å². The first-order valence-corrected chi connectivity index (χ1v) is 9.85. The molecule has 0 aliphatic carbocycles. The highest BCUT2D eigenvalue weighted by Crippen LogP contribution is 2.36. The molecule has 0 amide bonds. The lowest BCUT2D eigenvalue weighted by Crippen LogP contribution is -2.06. The van der Waals surface area contributed by atoms with E-state index in [0.717, 1.165) is 45.6 Å². The van der Waals surface area contributed by atoms with E-state index in [1.165, 1.54) is 0 Å². The van der Waals surface area contributed by atoms with Crippen LogP contribution in [0.1, 0.15) is 25.7 Å². The Morgan fingerprint density at radius 2 is 1.87 bits per heavy atom. The molecule has 0 bridgehead atoms. The van der Waals surface area contributed by atoms with Crippen molar-refractivity contribution in [2.75, 3.05) is 12.3 Å². The summed E-state index contributed by atoms with van der Waals surface area (Å²) in [6.07, 6.45) is 5.44. The van der Waals surface area contributed by atoms with Gasteiger partial charge in [-0.25, -0.2) is 24.6 Å². The lowest BCUT2D eigenvalue weighted by atomic mass is 10.1. The van der Waals surface area contributed by atoms with Crippen LogP contribution >= 0.6 is 0 Å². The molecule has 0 radical (unpaired) electrons. The van der Waals surface area contributed by atoms with E-state index < -0.39 is 0 Å². The fraction of sp³-hybridized carbons (Fsp3) is 0.286. The average molecular weight is 402 g/mol. The van der Waals surface area contributed by atoms with Crippen LogP contribution in [-0.2, 0) is 6.54 Å². The minimum atomic E-state index is 0.197. The molecule has 0 spiro atoms. The van der Waals surface area contributed by atoms with Crippen molar-refractivity contribution in [3.05, 3.63) is 42.6 Å². The predicted molar refractivity (Wildman–Crippen MR) is 113 cm³/mol. The number of rotatable bonds is 3. The third-order valence-corrected chi connectivity index (χ3v) is 5.05. The summed E-state index contributed by atoms with van der Waals surface area (Å²) in [5.41, 5.74) is 9.19. The van der Waals surface area contributed by atoms with Gasteiger partial charge in [-0.05, 0) is 38.5 Å². The molecule has 1 aromatic carbocycles. The van der Waals surface area contributed by atoms with E-state index in [0.29, 0.717) is 13.2 Å². The fourth-order valence-corrected chi connectivity index (χ4v) is 3.62. The second-order valence-corrected chi connectivity index (χ2v) is 7.55. The number of hydrogen-bond donors (Lipinski definition) is 1. The van der Waals surface area contributed by atoms with Crippen LogP contribution in [0.3, 0.4) is 0 Å². The highest BCUT2D eigenvalue weighted by Gasteiger charge is 2.22. The van der Waals surface area contributed by atoms with Gasteiger partial charge in [-0.2, -0.15) is 5.10 Å². The van der Waals surface area contributed by atoms with Crippen molar-refractivity contribution >= 4 is 5.95 Å². The summed E-state index contributed by atoms with van der Waals surface area (Å²) in [6, 6.07) is 6.23. The summed E-state index contributed by atoms with van der Waals surface area (Å²) in [7, 11) is 0. The lowest BCUT2D eigenvalue weighted by molar-refractivity contribution is 0.307. The number of aryl methyl sites for hydroxylation is 1. The van der Waals surface area contributed by atoms with Crippen LogP contribution in [0.4, 0.5) is 5.95 Å². The van der Waals surface area contributed by atoms with Gasteiger partial charge in [-0.1, -0.05) is 6.07 Å². The van der Waals surface area contributed by atoms with Gasteiger partial charge < -0.3 is 15.0 Å². The minimum absolute atomic E-state index is 0.197. The zero-order chi connectivity index (χ0) is 20.8. The van der Waals surface area contributed by atoms with E-state index >= 15 is 0 Å². The molecule has 3 aromatic heterocycles. The standard InChI is InChI=1S/C21H22N8O/c1-12(2)29-20(25-13(3)27-29)17-11-28-6-7-30-18-8-14(4-5-16(18)19(28)26-17)15-9-23-21(22)24-10-15/h4-5,8-12H,6-7H2,1-3H3,(H2,22,23,24). The summed E-state index contributed by atoms with van der Waals surface area (Å²) < 4.78 is 10.1. The first-order valence-electron chi connectivity index (χ1n) is 9.85. The van der Waals surface area contributed by atoms with Crippen LogP contribution in [0.2, 0.25) is 0 Å². The Morgan fingerprint density at radius 1 is 1.07 bits per heavy atom. The number of nitrogen functional groups attached to an aromatic ring is 1. The van der Waals surface area contributed by atoms with E-state index in [1.54, 1.807) is 12.4 Å². The molecule has 30 heavy (non-hydrogen) atoms. The molecule has 1 aliphatic rings. The summed E-state index contributed by atoms with van der Waals surface area (Å²) in [5.74, 6) is 3.40. The zero-order valence-corrected chi connectivity index (χ0v) is 17.1. The number of hydrogen-bond acceptors (Lipinski definition) is 7. The molecule has 0 atom stereocenters. The van der Waals surface area contributed by atoms with Crippen LogP contribution in [0.15, 0.2) is 36.8 Å². The quantitative estimate of drug-likeness (QED) is 0.560. The SMILES string of the molecule is Cc1nc(-c2cn3c(n2)-c2ccc(-c4cnc(N)nc4)cc2OCC3)n(C(C)C)n1. The zero-order valence-electron chi connectivity index (χ0n) is 17.1. The van der Waals surface area contributed by atoms with Crippen molar-refractivity contribution in [1.82, 2.24) is 34.3 Å². The third kappa shape index (κ3) is 3.08. The van der Waals surface area contributed by atoms with Crippen molar-refractivity contribution in [2.45, 2.75) is 33.4 Å². The van der Waals surface area contributed by atoms with Crippen LogP contribution in [-0.4, -0.2) is 40.9 Å². The van der Waals surface area contributed by atoms with Crippen LogP contribution in [0.25, 0.3) is 34.0 Å². The Balaban J connectivity index is 1.58. The Hall–Kier alpha value is -3.75. The number of anilines is 1. The first-order chi connectivity index (χ1) is 14.5. The van der Waals surface area contributed by atoms with Crippen molar-refractivity contribution in [1.29, 1.82) is 0 Å². The van der Waals surface area contributed by atoms with Crippen molar-refractivity contribution in [3.63, 3.8) is 0 Å². The number of nitrogens with two attached hydrogens (primary N) is 1. The van der Waals surface area contributed by atoms with Gasteiger partial charge in [0, 0.05) is 30.2 Å². The van der Waals surface area contributed by atoms with Crippen LogP contribution in [0, 0.1) is 6.92 Å². The second kappa shape index (κ2) is 6.94. The third-order valence-electron chi connectivity index (χ3n) is 5.05. The van der Waals surface area contributed by atoms with Crippen molar-refractivity contribution in [3.8, 4) is 39.8 Å². The fourth-order valence-electron chi connectivity index (χ4n) is 3.62. The van der Waals surface area contributed by atoms with E-state index in [4.69, 9.17) is 15.5 Å². The molecule has 9 nitrogen and oxygen atoms in total. The van der Waals surface area contributed by atoms with Gasteiger partial charge in [0.1, 0.15) is 29.7 Å². The lowest BCUT2D eigenvalue weighted by Gasteiger charge is -2.09. The molecule has 1 aliphatic heterocycles. The maximum absolute atomic E-state index is 6.03. The predicted octanol–water partition coefficient (Wildman–Crippen LogP) is 3.13. The normalized spacial score (nSPS) is 12.9. The molecule has 152 valence electrons. The number of nitrogens with zero attached hydrogens (tertiary/aromatic N) is 7. The first kappa shape index (κ1) is 18.3.